The first-order valence-corrected chi connectivity index (χ1v) is 24.3. The second-order valence-electron chi connectivity index (χ2n) is 18.3. The van der Waals surface area contributed by atoms with Crippen LogP contribution in [0.4, 0.5) is 10.1 Å². The van der Waals surface area contributed by atoms with E-state index in [-0.39, 0.29) is 62.5 Å². The number of non-ortho nitro benzene ring substituents is 1. The molecule has 0 radical (unpaired) electrons. The van der Waals surface area contributed by atoms with Crippen LogP contribution in [0.2, 0.25) is 0 Å². The van der Waals surface area contributed by atoms with Crippen LogP contribution in [0.15, 0.2) is 139 Å². The second-order valence-corrected chi connectivity index (χ2v) is 18.3. The molecular formula is C57H57FN4O11. The van der Waals surface area contributed by atoms with Crippen molar-refractivity contribution in [3.63, 3.8) is 0 Å². The van der Waals surface area contributed by atoms with Gasteiger partial charge in [0.25, 0.3) is 11.6 Å². The molecule has 1 heterocycles. The Morgan fingerprint density at radius 3 is 2.33 bits per heavy atom. The molecule has 2 aliphatic carbocycles. The first-order chi connectivity index (χ1) is 35.5. The lowest BCUT2D eigenvalue weighted by Gasteiger charge is -2.60. The van der Waals surface area contributed by atoms with Crippen molar-refractivity contribution in [3.8, 4) is 29.1 Å². The Morgan fingerprint density at radius 2 is 1.66 bits per heavy atom. The zero-order chi connectivity index (χ0) is 51.5. The van der Waals surface area contributed by atoms with Crippen LogP contribution in [0.25, 0.3) is 0 Å². The quantitative estimate of drug-likeness (QED) is 0.0206. The monoisotopic (exact) mass is 992 g/mol. The van der Waals surface area contributed by atoms with E-state index in [1.807, 2.05) is 12.1 Å². The minimum absolute atomic E-state index is 0.00621. The van der Waals surface area contributed by atoms with Crippen molar-refractivity contribution in [2.24, 2.45) is 22.9 Å². The molecule has 1 fully saturated rings. The molecule has 0 unspecified atom stereocenters. The summed E-state index contributed by atoms with van der Waals surface area (Å²) in [5.41, 5.74) is 4.14. The number of nitro benzene ring substituents is 1. The molecule has 0 bridgehead atoms. The summed E-state index contributed by atoms with van der Waals surface area (Å²) in [7, 11) is 1.48. The molecule has 0 aromatic heterocycles. The first-order valence-electron chi connectivity index (χ1n) is 24.3. The number of unbranched alkanes of at least 4 members (excludes halogenated alkanes) is 2. The predicted octanol–water partition coefficient (Wildman–Crippen LogP) is 10.4. The van der Waals surface area contributed by atoms with Crippen LogP contribution >= 0.6 is 0 Å². The maximum atomic E-state index is 15.4. The lowest BCUT2D eigenvalue weighted by Crippen LogP contribution is -2.70. The molecule has 5 aromatic rings. The summed E-state index contributed by atoms with van der Waals surface area (Å²) < 4.78 is 41.0. The topological polar surface area (TPSA) is 203 Å². The average Bonchev–Trinajstić information content (AvgIpc) is 3.42. The van der Waals surface area contributed by atoms with Crippen LogP contribution in [0.3, 0.4) is 0 Å². The van der Waals surface area contributed by atoms with Crippen LogP contribution in [-0.2, 0) is 22.7 Å². The van der Waals surface area contributed by atoms with Gasteiger partial charge in [0.15, 0.2) is 6.29 Å². The summed E-state index contributed by atoms with van der Waals surface area (Å²) in [5, 5.41) is 46.1. The van der Waals surface area contributed by atoms with Gasteiger partial charge in [-0.15, -0.1) is 6.58 Å². The zero-order valence-corrected chi connectivity index (χ0v) is 40.4. The lowest BCUT2D eigenvalue weighted by atomic mass is 9.55. The fourth-order valence-electron chi connectivity index (χ4n) is 10.6. The summed E-state index contributed by atoms with van der Waals surface area (Å²) in [6.07, 6.45) is 8.40. The van der Waals surface area contributed by atoms with Crippen molar-refractivity contribution < 1.29 is 52.9 Å². The Bertz CT molecular complexity index is 2880. The normalized spacial score (nSPS) is 21.1. The van der Waals surface area contributed by atoms with Gasteiger partial charge in [-0.1, -0.05) is 42.3 Å². The second kappa shape index (κ2) is 23.7. The van der Waals surface area contributed by atoms with E-state index in [9.17, 15) is 34.8 Å². The van der Waals surface area contributed by atoms with Crippen molar-refractivity contribution in [1.29, 1.82) is 5.26 Å². The van der Waals surface area contributed by atoms with Gasteiger partial charge in [-0.05, 0) is 139 Å². The van der Waals surface area contributed by atoms with Crippen LogP contribution in [0.5, 0.6) is 23.0 Å². The van der Waals surface area contributed by atoms with E-state index in [0.717, 1.165) is 11.1 Å². The molecule has 73 heavy (non-hydrogen) atoms. The average molecular weight is 993 g/mol. The molecule has 3 aliphatic rings. The fraction of sp³-hybridized carbons (Fsp3) is 0.333. The summed E-state index contributed by atoms with van der Waals surface area (Å²) >= 11 is 0. The van der Waals surface area contributed by atoms with Gasteiger partial charge in [0.2, 0.25) is 5.79 Å². The molecule has 5 aromatic carbocycles. The van der Waals surface area contributed by atoms with Crippen molar-refractivity contribution >= 4 is 23.6 Å². The highest BCUT2D eigenvalue weighted by molar-refractivity contribution is 6.03. The molecule has 1 saturated carbocycles. The predicted molar refractivity (Wildman–Crippen MR) is 269 cm³/mol. The molecule has 6 atom stereocenters. The number of nitro groups is 1. The Morgan fingerprint density at radius 1 is 0.959 bits per heavy atom. The maximum Gasteiger partial charge on any atom is 0.269 e. The van der Waals surface area contributed by atoms with Crippen LogP contribution < -0.4 is 14.2 Å². The molecular weight excluding hydrogens is 936 g/mol. The molecule has 2 N–H and O–H groups in total. The lowest BCUT2D eigenvalue weighted by molar-refractivity contribution is -0.384. The largest absolute Gasteiger partial charge is 0.496 e. The molecule has 1 amide bonds. The van der Waals surface area contributed by atoms with Gasteiger partial charge in [0.1, 0.15) is 41.5 Å². The Balaban J connectivity index is 1.36. The number of methoxy groups -OCH3 is 1. The summed E-state index contributed by atoms with van der Waals surface area (Å²) in [4.78, 5) is 46.3. The summed E-state index contributed by atoms with van der Waals surface area (Å²) in [6, 6.07) is 29.7. The molecule has 16 heteroatoms. The van der Waals surface area contributed by atoms with Gasteiger partial charge < -0.3 is 38.9 Å². The van der Waals surface area contributed by atoms with Crippen LogP contribution in [-0.4, -0.2) is 76.7 Å². The highest BCUT2D eigenvalue weighted by Gasteiger charge is 2.65. The third-order valence-corrected chi connectivity index (χ3v) is 13.9. The van der Waals surface area contributed by atoms with Gasteiger partial charge in [0.05, 0.1) is 47.5 Å². The van der Waals surface area contributed by atoms with E-state index in [2.05, 4.69) is 18.7 Å². The van der Waals surface area contributed by atoms with Crippen LogP contribution in [0, 0.1) is 45.0 Å². The SMILES string of the molecule is C=CCO[C@@]12Oc3ccc(Oc4ccc(OC)c(C=O)c4)cc3[C@H]3[C@H](CCCCO)[C@@H](CCCCO)C=C(C(=NOCc4ccc([N+](=O)[O-])cc4)C[C@@H]1N(Cc1ccc(F)cc1)C(=O)c1ccc(C#N)cc1)[C@H]32. The highest BCUT2D eigenvalue weighted by atomic mass is 19.1. The van der Waals surface area contributed by atoms with E-state index >= 15 is 4.79 Å². The summed E-state index contributed by atoms with van der Waals surface area (Å²) in [5.74, 6) is -2.22. The molecule has 0 saturated heterocycles. The standard InChI is InChI=1S/C57H57FN4O11/c1-3-28-70-57-53(61(34-38-12-18-43(58)19-13-38)56(66)40-16-10-37(33-59)11-17-40)32-50(60-71-36-39-14-20-44(21-15-39)62(67)68)48-30-41(8-4-6-26-63)47(9-5-7-27-64)54(55(48)57)49-31-46(23-25-52(49)73-57)72-45-22-24-51(69-2)42(29-45)35-65/h3,10-25,29-31,35,41,47,53-55,63-64H,1,4-9,26-28,32,34,36H2,2H3/t41-,47+,53-,54+,55+,57+/m0/s1. The highest BCUT2D eigenvalue weighted by Crippen LogP contribution is 2.62. The number of hydrogen-bond acceptors (Lipinski definition) is 13. The molecule has 378 valence electrons. The number of ether oxygens (including phenoxy) is 4. The summed E-state index contributed by atoms with van der Waals surface area (Å²) in [6.45, 7) is 3.94. The number of nitrogens with zero attached hydrogens (tertiary/aromatic N) is 4. The molecule has 0 spiro atoms. The number of aliphatic hydroxyl groups excluding tert-OH is 2. The first kappa shape index (κ1) is 51.6. The number of rotatable bonds is 23. The van der Waals surface area contributed by atoms with Crippen molar-refractivity contribution in [3.05, 3.63) is 183 Å². The minimum Gasteiger partial charge on any atom is -0.496 e. The number of aliphatic hydroxyl groups is 2. The van der Waals surface area contributed by atoms with Gasteiger partial charge in [-0.3, -0.25) is 19.7 Å². The van der Waals surface area contributed by atoms with Gasteiger partial charge >= 0.3 is 0 Å². The minimum atomic E-state index is -1.67. The van der Waals surface area contributed by atoms with E-state index in [1.54, 1.807) is 83.8 Å². The van der Waals surface area contributed by atoms with E-state index in [1.165, 1.54) is 31.4 Å². The number of benzene rings is 5. The number of nitriles is 1. The van der Waals surface area contributed by atoms with E-state index < -0.39 is 40.3 Å². The maximum absolute atomic E-state index is 15.4. The number of carbonyl (C=O) groups is 2. The number of aldehydes is 1. The fourth-order valence-corrected chi connectivity index (χ4v) is 10.6. The Kier molecular flexibility index (Phi) is 16.7. The smallest absolute Gasteiger partial charge is 0.269 e. The Labute approximate surface area is 422 Å². The number of halogens is 1. The third-order valence-electron chi connectivity index (χ3n) is 13.9. The van der Waals surface area contributed by atoms with Crippen molar-refractivity contribution in [2.45, 2.75) is 75.8 Å². The number of oxime groups is 1. The third kappa shape index (κ3) is 11.3. The number of allylic oxidation sites excluding steroid dienone is 1. The molecule has 1 aliphatic heterocycles. The van der Waals surface area contributed by atoms with E-state index in [4.69, 9.17) is 28.9 Å². The van der Waals surface area contributed by atoms with Gasteiger partial charge in [-0.2, -0.15) is 5.26 Å². The Hall–Kier alpha value is -7.71. The zero-order valence-electron chi connectivity index (χ0n) is 40.4. The van der Waals surface area contributed by atoms with Crippen molar-refractivity contribution in [1.82, 2.24) is 4.90 Å². The number of carbonyl (C=O) groups excluding carboxylic acids is 2. The van der Waals surface area contributed by atoms with Gasteiger partial charge in [0, 0.05) is 55.4 Å². The number of fused-ring (bicyclic) bond motifs is 2. The number of hydrogen-bond donors (Lipinski definition) is 2. The van der Waals surface area contributed by atoms with Crippen molar-refractivity contribution in [2.75, 3.05) is 26.9 Å². The van der Waals surface area contributed by atoms with Gasteiger partial charge in [-0.25, -0.2) is 4.39 Å². The van der Waals surface area contributed by atoms with Crippen LogP contribution in [0.1, 0.15) is 93.8 Å². The molecule has 8 rings (SSSR count). The molecule has 15 nitrogen and oxygen atoms in total. The van der Waals surface area contributed by atoms with E-state index in [0.29, 0.717) is 95.8 Å². The number of amides is 1.